The zero-order valence-electron chi connectivity index (χ0n) is 22.8. The smallest absolute Gasteiger partial charge is 0.291 e. The summed E-state index contributed by atoms with van der Waals surface area (Å²) < 4.78 is 5.10. The van der Waals surface area contributed by atoms with Crippen molar-refractivity contribution in [2.45, 2.75) is 24.5 Å². The molecule has 1 aromatic heterocycles. The lowest BCUT2D eigenvalue weighted by molar-refractivity contribution is -0.181. The van der Waals surface area contributed by atoms with Crippen molar-refractivity contribution in [3.05, 3.63) is 41.3 Å². The number of hydrogen-bond acceptors (Lipinski definition) is 11. The summed E-state index contributed by atoms with van der Waals surface area (Å²) in [5.41, 5.74) is 3.10. The summed E-state index contributed by atoms with van der Waals surface area (Å²) in [7, 11) is 6.46. The summed E-state index contributed by atoms with van der Waals surface area (Å²) in [5, 5.41) is 25.4. The molecule has 0 radical (unpaired) electrons. The average molecular weight is 567 g/mol. The zero-order chi connectivity index (χ0) is 30.1. The first-order chi connectivity index (χ1) is 19.2. The summed E-state index contributed by atoms with van der Waals surface area (Å²) in [6, 6.07) is 3.24. The first kappa shape index (κ1) is 28.2. The maximum atomic E-state index is 14.0. The van der Waals surface area contributed by atoms with Crippen LogP contribution < -0.4 is 16.0 Å². The van der Waals surface area contributed by atoms with Crippen LogP contribution in [0.1, 0.15) is 32.9 Å². The third-order valence-electron chi connectivity index (χ3n) is 8.51. The number of Topliss-reactive ketones (excluding diaryl/α,β-unsaturated/α-hetero) is 4. The van der Waals surface area contributed by atoms with E-state index in [-0.39, 0.29) is 29.9 Å². The minimum atomic E-state index is -2.82. The number of carbonyl (C=O) groups is 6. The van der Waals surface area contributed by atoms with Crippen LogP contribution in [0.5, 0.6) is 5.75 Å². The molecule has 1 heterocycles. The van der Waals surface area contributed by atoms with Gasteiger partial charge in [0.1, 0.15) is 5.75 Å². The standard InChI is InChI=1S/C28H30N4O9/c1-31(2)15-10-14(30-27(39)16-6-5-7-41-16)21(33)18-12(15)8-11-9-13-20(32(3)4)23(35)19(26(29)38)25(37)28(13,40)24(36)17(11)22(18)34/h5-7,10-11,13,17,19-20,33,40H,8-9H2,1-4H3,(H2,29,38)(H,30,39)/t11?,13?,17?,19?,20-,28-/m0/s1. The maximum absolute atomic E-state index is 14.0. The number of nitrogens with zero attached hydrogens (tertiary/aromatic N) is 2. The number of likely N-dealkylation sites (N-methyl/N-ethyl adjacent to an activating group) is 1. The Labute approximate surface area is 234 Å². The van der Waals surface area contributed by atoms with E-state index in [4.69, 9.17) is 10.2 Å². The first-order valence-electron chi connectivity index (χ1n) is 13.0. The summed E-state index contributed by atoms with van der Waals surface area (Å²) in [6.45, 7) is 0. The second-order valence-corrected chi connectivity index (χ2v) is 11.3. The van der Waals surface area contributed by atoms with Gasteiger partial charge in [-0.25, -0.2) is 0 Å². The summed E-state index contributed by atoms with van der Waals surface area (Å²) in [6.07, 6.45) is 1.33. The number of ketones is 4. The fourth-order valence-corrected chi connectivity index (χ4v) is 6.74. The first-order valence-corrected chi connectivity index (χ1v) is 13.0. The average Bonchev–Trinajstić information content (AvgIpc) is 3.42. The number of nitrogens with two attached hydrogens (primary N) is 1. The summed E-state index contributed by atoms with van der Waals surface area (Å²) in [5.74, 6) is -12.3. The van der Waals surface area contributed by atoms with Gasteiger partial charge in [0.15, 0.2) is 40.4 Å². The number of primary amides is 1. The van der Waals surface area contributed by atoms with Crippen LogP contribution in [0.3, 0.4) is 0 Å². The van der Waals surface area contributed by atoms with Crippen molar-refractivity contribution in [3.8, 4) is 5.75 Å². The van der Waals surface area contributed by atoms with Crippen LogP contribution in [0.25, 0.3) is 0 Å². The van der Waals surface area contributed by atoms with Gasteiger partial charge in [-0.05, 0) is 56.6 Å². The molecule has 0 aliphatic heterocycles. The van der Waals surface area contributed by atoms with E-state index < -0.39 is 76.0 Å². The number of fused-ring (bicyclic) bond motifs is 3. The molecule has 5 N–H and O–H groups in total. The lowest BCUT2D eigenvalue weighted by atomic mass is 9.52. The highest BCUT2D eigenvalue weighted by Crippen LogP contribution is 2.52. The van der Waals surface area contributed by atoms with Gasteiger partial charge in [-0.2, -0.15) is 0 Å². The number of aromatic hydroxyl groups is 1. The number of furan rings is 1. The van der Waals surface area contributed by atoms with Gasteiger partial charge in [0.25, 0.3) is 5.91 Å². The molecule has 41 heavy (non-hydrogen) atoms. The van der Waals surface area contributed by atoms with Gasteiger partial charge in [0, 0.05) is 25.7 Å². The van der Waals surface area contributed by atoms with E-state index in [1.807, 2.05) is 0 Å². The molecule has 0 saturated heterocycles. The molecule has 3 aliphatic rings. The Balaban J connectivity index is 1.63. The number of hydrogen-bond donors (Lipinski definition) is 4. The topological polar surface area (TPSA) is 201 Å². The molecule has 216 valence electrons. The van der Waals surface area contributed by atoms with Gasteiger partial charge in [0.2, 0.25) is 5.91 Å². The quantitative estimate of drug-likeness (QED) is 0.275. The van der Waals surface area contributed by atoms with Crippen molar-refractivity contribution < 1.29 is 43.4 Å². The van der Waals surface area contributed by atoms with E-state index in [9.17, 15) is 39.0 Å². The van der Waals surface area contributed by atoms with Crippen molar-refractivity contribution in [1.29, 1.82) is 0 Å². The third-order valence-corrected chi connectivity index (χ3v) is 8.51. The van der Waals surface area contributed by atoms with E-state index in [2.05, 4.69) is 5.32 Å². The SMILES string of the molecule is CN(C)c1cc(NC(=O)c2ccco2)c(O)c2c1CC1CC3[C@H](N(C)C)C(=O)C(C(N)=O)C(=O)[C@@]3(O)C(=O)C1C2=O. The van der Waals surface area contributed by atoms with E-state index >= 15 is 0 Å². The molecule has 3 aliphatic carbocycles. The van der Waals surface area contributed by atoms with Crippen LogP contribution in [0.15, 0.2) is 28.9 Å². The normalized spacial score (nSPS) is 29.1. The molecular weight excluding hydrogens is 536 g/mol. The van der Waals surface area contributed by atoms with Crippen molar-refractivity contribution >= 4 is 46.3 Å². The van der Waals surface area contributed by atoms with E-state index in [0.717, 1.165) is 0 Å². The Morgan fingerprint density at radius 3 is 2.37 bits per heavy atom. The highest BCUT2D eigenvalue weighted by Gasteiger charge is 2.69. The van der Waals surface area contributed by atoms with Crippen LogP contribution >= 0.6 is 0 Å². The molecule has 4 unspecified atom stereocenters. The molecule has 2 amide bonds. The predicted molar refractivity (Wildman–Crippen MR) is 142 cm³/mol. The third kappa shape index (κ3) is 3.98. The molecule has 13 nitrogen and oxygen atoms in total. The van der Waals surface area contributed by atoms with Crippen LogP contribution in [-0.2, 0) is 25.6 Å². The van der Waals surface area contributed by atoms with Crippen molar-refractivity contribution in [2.75, 3.05) is 38.4 Å². The number of phenolic OH excluding ortho intramolecular Hbond substituents is 1. The van der Waals surface area contributed by atoms with Crippen molar-refractivity contribution in [3.63, 3.8) is 0 Å². The molecule has 2 saturated carbocycles. The minimum Gasteiger partial charge on any atom is -0.505 e. The van der Waals surface area contributed by atoms with E-state index in [1.165, 1.54) is 43.5 Å². The number of carbonyl (C=O) groups excluding carboxylic acids is 6. The van der Waals surface area contributed by atoms with Gasteiger partial charge >= 0.3 is 0 Å². The Morgan fingerprint density at radius 1 is 1.12 bits per heavy atom. The molecule has 0 spiro atoms. The second-order valence-electron chi connectivity index (χ2n) is 11.3. The minimum absolute atomic E-state index is 0.0413. The number of aliphatic hydroxyl groups is 1. The highest BCUT2D eigenvalue weighted by atomic mass is 16.3. The number of benzene rings is 1. The monoisotopic (exact) mass is 566 g/mol. The summed E-state index contributed by atoms with van der Waals surface area (Å²) >= 11 is 0. The van der Waals surface area contributed by atoms with E-state index in [0.29, 0.717) is 11.3 Å². The summed E-state index contributed by atoms with van der Waals surface area (Å²) in [4.78, 5) is 82.5. The Bertz CT molecular complexity index is 1510. The van der Waals surface area contributed by atoms with Gasteiger partial charge in [0.05, 0.1) is 29.5 Å². The molecular formula is C28H30N4O9. The van der Waals surface area contributed by atoms with Gasteiger partial charge in [-0.15, -0.1) is 0 Å². The molecule has 1 aromatic carbocycles. The molecule has 2 aromatic rings. The lowest BCUT2D eigenvalue weighted by Gasteiger charge is -2.52. The molecule has 5 rings (SSSR count). The number of amides is 2. The van der Waals surface area contributed by atoms with Gasteiger partial charge < -0.3 is 30.6 Å². The Morgan fingerprint density at radius 2 is 1.80 bits per heavy atom. The fraction of sp³-hybridized carbons (Fsp3) is 0.429. The molecule has 6 atom stereocenters. The van der Waals surface area contributed by atoms with Gasteiger partial charge in [-0.1, -0.05) is 0 Å². The van der Waals surface area contributed by atoms with Crippen molar-refractivity contribution in [2.24, 2.45) is 29.4 Å². The van der Waals surface area contributed by atoms with Crippen LogP contribution in [0.4, 0.5) is 11.4 Å². The Kier molecular flexibility index (Phi) is 6.62. The predicted octanol–water partition coefficient (Wildman–Crippen LogP) is -0.222. The zero-order valence-corrected chi connectivity index (χ0v) is 22.8. The second kappa shape index (κ2) is 9.63. The fourth-order valence-electron chi connectivity index (χ4n) is 6.74. The number of rotatable bonds is 5. The molecule has 0 bridgehead atoms. The number of nitrogens with one attached hydrogen (secondary N) is 1. The largest absolute Gasteiger partial charge is 0.505 e. The number of phenols is 1. The van der Waals surface area contributed by atoms with Crippen LogP contribution in [0.2, 0.25) is 0 Å². The Hall–Kier alpha value is -4.36. The van der Waals surface area contributed by atoms with Crippen LogP contribution in [0, 0.1) is 23.7 Å². The highest BCUT2D eigenvalue weighted by molar-refractivity contribution is 6.32. The molecule has 2 fully saturated rings. The van der Waals surface area contributed by atoms with Gasteiger partial charge in [-0.3, -0.25) is 33.7 Å². The van der Waals surface area contributed by atoms with Crippen LogP contribution in [-0.4, -0.2) is 89.9 Å². The molecule has 13 heteroatoms. The lowest BCUT2D eigenvalue weighted by Crippen LogP contribution is -2.74. The van der Waals surface area contributed by atoms with E-state index in [1.54, 1.807) is 19.0 Å². The maximum Gasteiger partial charge on any atom is 0.291 e. The number of anilines is 2. The van der Waals surface area contributed by atoms with Crippen molar-refractivity contribution in [1.82, 2.24) is 4.90 Å².